The summed E-state index contributed by atoms with van der Waals surface area (Å²) in [6.07, 6.45) is 3.16. The number of likely N-dealkylation sites (tertiary alicyclic amines) is 1. The summed E-state index contributed by atoms with van der Waals surface area (Å²) in [5, 5.41) is 0.869. The van der Waals surface area contributed by atoms with Crippen molar-refractivity contribution in [2.24, 2.45) is 0 Å². The highest BCUT2D eigenvalue weighted by atomic mass is 32.2. The van der Waals surface area contributed by atoms with E-state index in [0.29, 0.717) is 34.8 Å². The zero-order chi connectivity index (χ0) is 23.2. The Morgan fingerprint density at radius 2 is 1.82 bits per heavy atom. The average Bonchev–Trinajstić information content (AvgIpc) is 2.85. The number of carbonyl (C=O) groups is 2. The van der Waals surface area contributed by atoms with Crippen molar-refractivity contribution >= 4 is 34.5 Å². The summed E-state index contributed by atoms with van der Waals surface area (Å²) in [5.41, 5.74) is 1.74. The number of esters is 1. The zero-order valence-electron chi connectivity index (χ0n) is 18.7. The van der Waals surface area contributed by atoms with Crippen molar-refractivity contribution in [2.75, 3.05) is 25.4 Å². The first-order chi connectivity index (χ1) is 16.1. The molecule has 33 heavy (non-hydrogen) atoms. The van der Waals surface area contributed by atoms with Crippen molar-refractivity contribution in [3.63, 3.8) is 0 Å². The second-order valence-electron chi connectivity index (χ2n) is 7.95. The Morgan fingerprint density at radius 3 is 2.55 bits per heavy atom. The Balaban J connectivity index is 1.72. The Kier molecular flexibility index (Phi) is 7.44. The fourth-order valence-corrected chi connectivity index (χ4v) is 4.75. The molecule has 1 amide bonds. The molecule has 0 radical (unpaired) electrons. The van der Waals surface area contributed by atoms with Crippen LogP contribution in [0.1, 0.15) is 42.1 Å². The monoisotopic (exact) mass is 465 g/mol. The summed E-state index contributed by atoms with van der Waals surface area (Å²) in [7, 11) is 0. The van der Waals surface area contributed by atoms with E-state index in [9.17, 15) is 14.4 Å². The molecule has 3 aromatic rings. The SMILES string of the molecule is CCOC(=O)CSc1nc2cc(C(=O)N3CCCCC3)ccc2c(=O)n1Cc1ccccc1. The van der Waals surface area contributed by atoms with Gasteiger partial charge in [-0.3, -0.25) is 19.0 Å². The van der Waals surface area contributed by atoms with Gasteiger partial charge in [-0.15, -0.1) is 0 Å². The number of aromatic nitrogens is 2. The number of benzene rings is 2. The lowest BCUT2D eigenvalue weighted by molar-refractivity contribution is -0.139. The molecule has 1 aliphatic rings. The first-order valence-corrected chi connectivity index (χ1v) is 12.2. The summed E-state index contributed by atoms with van der Waals surface area (Å²) in [4.78, 5) is 44.9. The van der Waals surface area contributed by atoms with E-state index < -0.39 is 0 Å². The quantitative estimate of drug-likeness (QED) is 0.301. The van der Waals surface area contributed by atoms with E-state index in [1.807, 2.05) is 35.2 Å². The molecule has 0 spiro atoms. The van der Waals surface area contributed by atoms with Crippen LogP contribution in [0.15, 0.2) is 58.5 Å². The van der Waals surface area contributed by atoms with Gasteiger partial charge < -0.3 is 9.64 Å². The van der Waals surface area contributed by atoms with E-state index in [4.69, 9.17) is 9.72 Å². The van der Waals surface area contributed by atoms with Gasteiger partial charge in [-0.05, 0) is 49.9 Å². The minimum absolute atomic E-state index is 0.0346. The number of hydrogen-bond donors (Lipinski definition) is 0. The van der Waals surface area contributed by atoms with Gasteiger partial charge in [-0.2, -0.15) is 0 Å². The van der Waals surface area contributed by atoms with Crippen LogP contribution >= 0.6 is 11.8 Å². The van der Waals surface area contributed by atoms with Crippen molar-refractivity contribution in [1.82, 2.24) is 14.5 Å². The number of ether oxygens (including phenoxy) is 1. The molecule has 1 fully saturated rings. The molecule has 4 rings (SSSR count). The van der Waals surface area contributed by atoms with Crippen molar-refractivity contribution in [2.45, 2.75) is 37.9 Å². The molecule has 1 aliphatic heterocycles. The van der Waals surface area contributed by atoms with Gasteiger partial charge in [0.2, 0.25) is 0 Å². The number of piperidine rings is 1. The third-order valence-electron chi connectivity index (χ3n) is 5.62. The van der Waals surface area contributed by atoms with E-state index in [0.717, 1.165) is 37.9 Å². The predicted octanol–water partition coefficient (Wildman–Crippen LogP) is 3.73. The maximum absolute atomic E-state index is 13.4. The third-order valence-corrected chi connectivity index (χ3v) is 6.57. The number of rotatable bonds is 7. The lowest BCUT2D eigenvalue weighted by Crippen LogP contribution is -2.35. The molecule has 0 atom stereocenters. The molecule has 0 N–H and O–H groups in total. The number of nitrogens with zero attached hydrogens (tertiary/aromatic N) is 3. The number of amides is 1. The van der Waals surface area contributed by atoms with Crippen LogP contribution in [0, 0.1) is 0 Å². The Labute approximate surface area is 196 Å². The smallest absolute Gasteiger partial charge is 0.316 e. The molecule has 2 heterocycles. The molecule has 172 valence electrons. The highest BCUT2D eigenvalue weighted by Crippen LogP contribution is 2.21. The van der Waals surface area contributed by atoms with E-state index >= 15 is 0 Å². The van der Waals surface area contributed by atoms with Gasteiger partial charge in [0.25, 0.3) is 11.5 Å². The fraction of sp³-hybridized carbons (Fsp3) is 0.360. The van der Waals surface area contributed by atoms with Crippen molar-refractivity contribution < 1.29 is 14.3 Å². The summed E-state index contributed by atoms with van der Waals surface area (Å²) in [6.45, 7) is 3.89. The first kappa shape index (κ1) is 23.0. The zero-order valence-corrected chi connectivity index (χ0v) is 19.5. The van der Waals surface area contributed by atoms with Gasteiger partial charge in [0.15, 0.2) is 5.16 Å². The molecule has 0 bridgehead atoms. The second-order valence-corrected chi connectivity index (χ2v) is 8.89. The van der Waals surface area contributed by atoms with E-state index in [1.54, 1.807) is 29.7 Å². The predicted molar refractivity (Wildman–Crippen MR) is 129 cm³/mol. The van der Waals surface area contributed by atoms with Crippen LogP contribution in [0.5, 0.6) is 0 Å². The Morgan fingerprint density at radius 1 is 1.06 bits per heavy atom. The molecule has 0 aliphatic carbocycles. The summed E-state index contributed by atoms with van der Waals surface area (Å²) < 4.78 is 6.61. The third kappa shape index (κ3) is 5.45. The van der Waals surface area contributed by atoms with E-state index in [2.05, 4.69) is 0 Å². The summed E-state index contributed by atoms with van der Waals surface area (Å²) >= 11 is 1.17. The van der Waals surface area contributed by atoms with Crippen LogP contribution in [0.2, 0.25) is 0 Å². The minimum atomic E-state index is -0.364. The average molecular weight is 466 g/mol. The van der Waals surface area contributed by atoms with Crippen LogP contribution in [-0.4, -0.2) is 51.8 Å². The maximum atomic E-state index is 13.4. The molecule has 7 nitrogen and oxygen atoms in total. The molecule has 2 aromatic carbocycles. The number of carbonyl (C=O) groups excluding carboxylic acids is 2. The maximum Gasteiger partial charge on any atom is 0.316 e. The number of hydrogen-bond acceptors (Lipinski definition) is 6. The van der Waals surface area contributed by atoms with Crippen molar-refractivity contribution in [3.05, 3.63) is 70.0 Å². The van der Waals surface area contributed by atoms with Crippen LogP contribution in [0.25, 0.3) is 10.9 Å². The summed E-state index contributed by atoms with van der Waals surface area (Å²) in [5.74, 6) is -0.350. The van der Waals surface area contributed by atoms with Crippen LogP contribution in [0.4, 0.5) is 0 Å². The lowest BCUT2D eigenvalue weighted by atomic mass is 10.1. The van der Waals surface area contributed by atoms with Gasteiger partial charge >= 0.3 is 5.97 Å². The molecule has 0 saturated carbocycles. The van der Waals surface area contributed by atoms with Gasteiger partial charge in [-0.25, -0.2) is 4.98 Å². The van der Waals surface area contributed by atoms with Gasteiger partial charge in [0, 0.05) is 18.7 Å². The molecular weight excluding hydrogens is 438 g/mol. The largest absolute Gasteiger partial charge is 0.465 e. The molecule has 1 aromatic heterocycles. The summed E-state index contributed by atoms with van der Waals surface area (Å²) in [6, 6.07) is 14.7. The van der Waals surface area contributed by atoms with Crippen molar-refractivity contribution in [1.29, 1.82) is 0 Å². The fourth-order valence-electron chi connectivity index (χ4n) is 3.96. The van der Waals surface area contributed by atoms with Gasteiger partial charge in [0.05, 0.1) is 29.8 Å². The Hall–Kier alpha value is -3.13. The standard InChI is InChI=1S/C25H27N3O4S/c1-2-32-22(29)17-33-25-26-21-15-19(23(30)27-13-7-4-8-14-27)11-12-20(21)24(31)28(25)16-18-9-5-3-6-10-18/h3,5-6,9-12,15H,2,4,7-8,13-14,16-17H2,1H3. The number of fused-ring (bicyclic) bond motifs is 1. The normalized spacial score (nSPS) is 13.8. The van der Waals surface area contributed by atoms with Crippen LogP contribution < -0.4 is 5.56 Å². The lowest BCUT2D eigenvalue weighted by Gasteiger charge is -2.26. The highest BCUT2D eigenvalue weighted by molar-refractivity contribution is 7.99. The molecule has 1 saturated heterocycles. The Bertz CT molecular complexity index is 1200. The number of thioether (sulfide) groups is 1. The minimum Gasteiger partial charge on any atom is -0.465 e. The first-order valence-electron chi connectivity index (χ1n) is 11.2. The van der Waals surface area contributed by atoms with Gasteiger partial charge in [0.1, 0.15) is 0 Å². The molecule has 0 unspecified atom stereocenters. The van der Waals surface area contributed by atoms with E-state index in [-0.39, 0.29) is 23.2 Å². The van der Waals surface area contributed by atoms with E-state index in [1.165, 1.54) is 11.8 Å². The highest BCUT2D eigenvalue weighted by Gasteiger charge is 2.20. The van der Waals surface area contributed by atoms with Crippen molar-refractivity contribution in [3.8, 4) is 0 Å². The van der Waals surface area contributed by atoms with Crippen LogP contribution in [-0.2, 0) is 16.1 Å². The van der Waals surface area contributed by atoms with Crippen LogP contribution in [0.3, 0.4) is 0 Å². The second kappa shape index (κ2) is 10.7. The van der Waals surface area contributed by atoms with Gasteiger partial charge in [-0.1, -0.05) is 42.1 Å². The molecule has 8 heteroatoms. The topological polar surface area (TPSA) is 81.5 Å². The molecular formula is C25H27N3O4S.